The van der Waals surface area contributed by atoms with Crippen molar-refractivity contribution in [1.82, 2.24) is 9.21 Å². The van der Waals surface area contributed by atoms with Crippen LogP contribution in [-0.2, 0) is 29.1 Å². The molecule has 0 aromatic heterocycles. The highest BCUT2D eigenvalue weighted by molar-refractivity contribution is 7.89. The molecule has 4 rings (SSSR count). The molecular weight excluding hydrogens is 479 g/mol. The maximum Gasteiger partial charge on any atom is 0.295 e. The summed E-state index contributed by atoms with van der Waals surface area (Å²) < 4.78 is 52.0. The molecule has 2 aromatic rings. The molecule has 1 amide bonds. The van der Waals surface area contributed by atoms with E-state index >= 15 is 0 Å². The van der Waals surface area contributed by atoms with Gasteiger partial charge in [-0.2, -0.15) is 4.31 Å². The van der Waals surface area contributed by atoms with Gasteiger partial charge in [-0.15, -0.1) is 0 Å². The van der Waals surface area contributed by atoms with E-state index in [1.165, 1.54) is 53.9 Å². The summed E-state index contributed by atoms with van der Waals surface area (Å²) in [5.41, 5.74) is -0.104. The van der Waals surface area contributed by atoms with Gasteiger partial charge in [0.15, 0.2) is 0 Å². The Morgan fingerprint density at radius 3 is 2.40 bits per heavy atom. The monoisotopic (exact) mass is 504 g/mol. The van der Waals surface area contributed by atoms with Crippen LogP contribution in [0.3, 0.4) is 0 Å². The van der Waals surface area contributed by atoms with Crippen molar-refractivity contribution in [3.8, 4) is 0 Å². The third-order valence-electron chi connectivity index (χ3n) is 6.01. The number of halogens is 1. The Bertz CT molecular complexity index is 1250. The van der Waals surface area contributed by atoms with Gasteiger partial charge in [0.1, 0.15) is 11.6 Å². The van der Waals surface area contributed by atoms with E-state index in [4.69, 9.17) is 9.47 Å². The number of hydrogen-bond donors (Lipinski definition) is 1. The number of hydrogen-bond acceptors (Lipinski definition) is 7. The summed E-state index contributed by atoms with van der Waals surface area (Å²) in [6.45, 7) is 1.18. The number of rotatable bonds is 7. The Kier molecular flexibility index (Phi) is 7.31. The third-order valence-corrected chi connectivity index (χ3v) is 7.92. The zero-order valence-electron chi connectivity index (χ0n) is 19.0. The van der Waals surface area contributed by atoms with Gasteiger partial charge in [-0.3, -0.25) is 9.59 Å². The molecule has 0 aliphatic carbocycles. The summed E-state index contributed by atoms with van der Waals surface area (Å²) >= 11 is 0. The lowest BCUT2D eigenvalue weighted by atomic mass is 9.95. The van der Waals surface area contributed by atoms with Crippen LogP contribution in [0.2, 0.25) is 0 Å². The molecule has 0 radical (unpaired) electrons. The van der Waals surface area contributed by atoms with Crippen LogP contribution in [-0.4, -0.2) is 81.0 Å². The molecule has 0 spiro atoms. The van der Waals surface area contributed by atoms with Crippen LogP contribution in [0.5, 0.6) is 0 Å². The lowest BCUT2D eigenvalue weighted by molar-refractivity contribution is -0.140. The SMILES string of the molecule is COCCN1C(=O)C(=O)/C(=C(/O)c2ccc(S(=O)(=O)N3CCOCC3)cc2)C1c1ccccc1F. The number of ether oxygens (including phenoxy) is 2. The smallest absolute Gasteiger partial charge is 0.295 e. The number of benzene rings is 2. The summed E-state index contributed by atoms with van der Waals surface area (Å²) in [5, 5.41) is 11.1. The van der Waals surface area contributed by atoms with Crippen molar-refractivity contribution in [2.24, 2.45) is 0 Å². The molecular formula is C24H25FN2O7S. The number of nitrogens with zero attached hydrogens (tertiary/aromatic N) is 2. The number of ketones is 1. The average molecular weight is 505 g/mol. The Labute approximate surface area is 202 Å². The first-order chi connectivity index (χ1) is 16.8. The van der Waals surface area contributed by atoms with Crippen LogP contribution in [0.15, 0.2) is 59.0 Å². The highest BCUT2D eigenvalue weighted by Crippen LogP contribution is 2.40. The van der Waals surface area contributed by atoms with Gasteiger partial charge in [0, 0.05) is 37.9 Å². The van der Waals surface area contributed by atoms with Crippen molar-refractivity contribution in [1.29, 1.82) is 0 Å². The fourth-order valence-corrected chi connectivity index (χ4v) is 5.60. The van der Waals surface area contributed by atoms with Crippen molar-refractivity contribution in [3.63, 3.8) is 0 Å². The lowest BCUT2D eigenvalue weighted by Gasteiger charge is -2.26. The Morgan fingerprint density at radius 2 is 1.77 bits per heavy atom. The van der Waals surface area contributed by atoms with E-state index in [1.807, 2.05) is 0 Å². The van der Waals surface area contributed by atoms with E-state index in [0.717, 1.165) is 4.90 Å². The number of aliphatic hydroxyl groups is 1. The summed E-state index contributed by atoms with van der Waals surface area (Å²) in [4.78, 5) is 26.9. The topological polar surface area (TPSA) is 113 Å². The molecule has 0 saturated carbocycles. The molecule has 186 valence electrons. The van der Waals surface area contributed by atoms with Gasteiger partial charge in [0.25, 0.3) is 11.7 Å². The first-order valence-corrected chi connectivity index (χ1v) is 12.4. The number of carbonyl (C=O) groups excluding carboxylic acids is 2. The second kappa shape index (κ2) is 10.2. The average Bonchev–Trinajstić information content (AvgIpc) is 3.12. The molecule has 1 atom stereocenters. The van der Waals surface area contributed by atoms with Gasteiger partial charge in [0.2, 0.25) is 10.0 Å². The minimum absolute atomic E-state index is 0.00752. The molecule has 2 fully saturated rings. The van der Waals surface area contributed by atoms with Crippen molar-refractivity contribution >= 4 is 27.5 Å². The predicted molar refractivity (Wildman–Crippen MR) is 123 cm³/mol. The Balaban J connectivity index is 1.75. The highest BCUT2D eigenvalue weighted by Gasteiger charge is 2.46. The van der Waals surface area contributed by atoms with E-state index in [0.29, 0.717) is 13.2 Å². The van der Waals surface area contributed by atoms with Crippen LogP contribution in [0.1, 0.15) is 17.2 Å². The zero-order chi connectivity index (χ0) is 25.2. The number of methoxy groups -OCH3 is 1. The molecule has 2 saturated heterocycles. The number of amides is 1. The van der Waals surface area contributed by atoms with Gasteiger partial charge in [-0.05, 0) is 30.3 Å². The summed E-state index contributed by atoms with van der Waals surface area (Å²) in [5.74, 6) is -3.01. The number of morpholine rings is 1. The number of likely N-dealkylation sites (tertiary alicyclic amines) is 1. The standard InChI is InChI=1S/C24H25FN2O7S/c1-33-13-12-27-21(18-4-2-3-5-19(18)25)20(23(29)24(27)30)22(28)16-6-8-17(9-7-16)35(31,32)26-10-14-34-15-11-26/h2-9,21,28H,10-15H2,1H3/b22-20+. The number of carbonyl (C=O) groups is 2. The highest BCUT2D eigenvalue weighted by atomic mass is 32.2. The molecule has 2 aromatic carbocycles. The molecule has 1 unspecified atom stereocenters. The molecule has 35 heavy (non-hydrogen) atoms. The van der Waals surface area contributed by atoms with E-state index < -0.39 is 39.3 Å². The van der Waals surface area contributed by atoms with Gasteiger partial charge < -0.3 is 19.5 Å². The first-order valence-electron chi connectivity index (χ1n) is 11.0. The maximum atomic E-state index is 14.7. The molecule has 0 bridgehead atoms. The van der Waals surface area contributed by atoms with Crippen LogP contribution < -0.4 is 0 Å². The lowest BCUT2D eigenvalue weighted by Crippen LogP contribution is -2.40. The third kappa shape index (κ3) is 4.72. The first kappa shape index (κ1) is 25.0. The molecule has 9 nitrogen and oxygen atoms in total. The largest absolute Gasteiger partial charge is 0.507 e. The van der Waals surface area contributed by atoms with E-state index in [2.05, 4.69) is 0 Å². The van der Waals surface area contributed by atoms with Crippen molar-refractivity contribution in [3.05, 3.63) is 71.0 Å². The predicted octanol–water partition coefficient (Wildman–Crippen LogP) is 1.91. The minimum Gasteiger partial charge on any atom is -0.507 e. The second-order valence-corrected chi connectivity index (χ2v) is 9.99. The van der Waals surface area contributed by atoms with Gasteiger partial charge in [-0.1, -0.05) is 18.2 Å². The van der Waals surface area contributed by atoms with Crippen molar-refractivity contribution < 1.29 is 37.0 Å². The van der Waals surface area contributed by atoms with Crippen molar-refractivity contribution in [2.75, 3.05) is 46.6 Å². The van der Waals surface area contributed by atoms with E-state index in [1.54, 1.807) is 6.07 Å². The van der Waals surface area contributed by atoms with Crippen LogP contribution >= 0.6 is 0 Å². The number of Topliss-reactive ketones (excluding diaryl/α,β-unsaturated/α-hetero) is 1. The summed E-state index contributed by atoms with van der Waals surface area (Å²) in [7, 11) is -2.33. The van der Waals surface area contributed by atoms with E-state index in [-0.39, 0.29) is 47.8 Å². The van der Waals surface area contributed by atoms with Gasteiger partial charge in [-0.25, -0.2) is 12.8 Å². The normalized spacial score (nSPS) is 21.0. The molecule has 11 heteroatoms. The van der Waals surface area contributed by atoms with Gasteiger partial charge in [0.05, 0.1) is 36.3 Å². The second-order valence-electron chi connectivity index (χ2n) is 8.05. The number of sulfonamides is 1. The minimum atomic E-state index is -3.76. The zero-order valence-corrected chi connectivity index (χ0v) is 19.8. The maximum absolute atomic E-state index is 14.7. The summed E-state index contributed by atoms with van der Waals surface area (Å²) in [6, 6.07) is 9.87. The molecule has 2 aliphatic heterocycles. The molecule has 1 N–H and O–H groups in total. The van der Waals surface area contributed by atoms with Gasteiger partial charge >= 0.3 is 0 Å². The fourth-order valence-electron chi connectivity index (χ4n) is 4.20. The van der Waals surface area contributed by atoms with Crippen LogP contribution in [0, 0.1) is 5.82 Å². The van der Waals surface area contributed by atoms with Crippen molar-refractivity contribution in [2.45, 2.75) is 10.9 Å². The number of aliphatic hydroxyl groups excluding tert-OH is 1. The van der Waals surface area contributed by atoms with E-state index in [9.17, 15) is 27.5 Å². The van der Waals surface area contributed by atoms with Crippen LogP contribution in [0.4, 0.5) is 4.39 Å². The molecule has 2 heterocycles. The Hall–Kier alpha value is -3.12. The Morgan fingerprint density at radius 1 is 1.11 bits per heavy atom. The fraction of sp³-hybridized carbons (Fsp3) is 0.333. The summed E-state index contributed by atoms with van der Waals surface area (Å²) in [6.07, 6.45) is 0. The van der Waals surface area contributed by atoms with Crippen LogP contribution in [0.25, 0.3) is 5.76 Å². The molecule has 2 aliphatic rings. The quantitative estimate of drug-likeness (QED) is 0.348.